The Bertz CT molecular complexity index is 640. The molecule has 0 aliphatic carbocycles. The van der Waals surface area contributed by atoms with Crippen molar-refractivity contribution in [3.63, 3.8) is 0 Å². The van der Waals surface area contributed by atoms with Gasteiger partial charge >= 0.3 is 0 Å². The average molecular weight is 351 g/mol. The summed E-state index contributed by atoms with van der Waals surface area (Å²) in [6.45, 7) is 5.08. The smallest absolute Gasteiger partial charge is 0.0642 e. The van der Waals surface area contributed by atoms with E-state index in [4.69, 9.17) is 27.9 Å². The van der Waals surface area contributed by atoms with E-state index in [-0.39, 0.29) is 0 Å². The first-order valence-corrected chi connectivity index (χ1v) is 8.54. The number of hydrogen-bond donors (Lipinski definition) is 1. The molecule has 1 fully saturated rings. The average Bonchev–Trinajstić information content (AvgIpc) is 2.58. The number of hydrogen-bond acceptors (Lipinski definition) is 3. The first kappa shape index (κ1) is 16.6. The molecule has 3 nitrogen and oxygen atoms in total. The summed E-state index contributed by atoms with van der Waals surface area (Å²) in [5, 5.41) is 4.78. The maximum absolute atomic E-state index is 6.18. The maximum Gasteiger partial charge on any atom is 0.0642 e. The Kier molecular flexibility index (Phi) is 5.79. The molecule has 0 radical (unpaired) electrons. The molecule has 0 atom stereocenters. The minimum Gasteiger partial charge on any atom is -0.378 e. The Morgan fingerprint density at radius 3 is 2.39 bits per heavy atom. The van der Waals surface area contributed by atoms with Crippen LogP contribution in [0.3, 0.4) is 0 Å². The summed E-state index contributed by atoms with van der Waals surface area (Å²) in [5.74, 6) is 0. The molecule has 2 aromatic carbocycles. The zero-order valence-electron chi connectivity index (χ0n) is 12.9. The van der Waals surface area contributed by atoms with Crippen LogP contribution < -0.4 is 10.2 Å². The normalized spacial score (nSPS) is 15.0. The predicted octanol–water partition coefficient (Wildman–Crippen LogP) is 4.12. The lowest BCUT2D eigenvalue weighted by Crippen LogP contribution is -2.36. The Hall–Kier alpha value is -1.26. The van der Waals surface area contributed by atoms with E-state index in [1.165, 1.54) is 11.3 Å². The highest BCUT2D eigenvalue weighted by atomic mass is 35.5. The van der Waals surface area contributed by atoms with Crippen molar-refractivity contribution >= 4 is 28.9 Å². The van der Waals surface area contributed by atoms with E-state index in [0.29, 0.717) is 10.0 Å². The van der Waals surface area contributed by atoms with Crippen LogP contribution in [0.1, 0.15) is 11.1 Å². The molecule has 0 saturated carbocycles. The molecule has 23 heavy (non-hydrogen) atoms. The number of nitrogens with zero attached hydrogens (tertiary/aromatic N) is 1. The van der Waals surface area contributed by atoms with E-state index < -0.39 is 0 Å². The van der Waals surface area contributed by atoms with Crippen molar-refractivity contribution in [1.29, 1.82) is 0 Å². The van der Waals surface area contributed by atoms with Crippen molar-refractivity contribution in [2.75, 3.05) is 31.2 Å². The minimum atomic E-state index is 0.664. The van der Waals surface area contributed by atoms with Gasteiger partial charge in [0.25, 0.3) is 0 Å². The van der Waals surface area contributed by atoms with Crippen molar-refractivity contribution in [3.05, 3.63) is 63.6 Å². The van der Waals surface area contributed by atoms with Gasteiger partial charge in [-0.2, -0.15) is 0 Å². The summed E-state index contributed by atoms with van der Waals surface area (Å²) in [6.07, 6.45) is 0. The highest BCUT2D eigenvalue weighted by molar-refractivity contribution is 6.35. The summed E-state index contributed by atoms with van der Waals surface area (Å²) in [4.78, 5) is 2.36. The topological polar surface area (TPSA) is 24.5 Å². The Labute approximate surface area is 147 Å². The first-order chi connectivity index (χ1) is 11.2. The Balaban J connectivity index is 1.52. The van der Waals surface area contributed by atoms with Crippen LogP contribution in [0.15, 0.2) is 42.5 Å². The summed E-state index contributed by atoms with van der Waals surface area (Å²) < 4.78 is 5.39. The van der Waals surface area contributed by atoms with E-state index >= 15 is 0 Å². The quantitative estimate of drug-likeness (QED) is 0.877. The van der Waals surface area contributed by atoms with Crippen LogP contribution in [0.25, 0.3) is 0 Å². The lowest BCUT2D eigenvalue weighted by molar-refractivity contribution is 0.122. The standard InChI is InChI=1S/C18H20Cl2N2O/c19-16-4-3-15(18(20)11-16)13-21-12-14-1-5-17(6-2-14)22-7-9-23-10-8-22/h1-6,11,21H,7-10,12-13H2. The molecule has 2 aromatic rings. The van der Waals surface area contributed by atoms with E-state index in [1.54, 1.807) is 6.07 Å². The van der Waals surface area contributed by atoms with Gasteiger partial charge in [-0.15, -0.1) is 0 Å². The summed E-state index contributed by atoms with van der Waals surface area (Å²) >= 11 is 12.1. The number of morpholine rings is 1. The van der Waals surface area contributed by atoms with Gasteiger partial charge in [0, 0.05) is 41.9 Å². The van der Waals surface area contributed by atoms with E-state index in [1.807, 2.05) is 12.1 Å². The van der Waals surface area contributed by atoms with E-state index in [0.717, 1.165) is 45.0 Å². The van der Waals surface area contributed by atoms with Crippen LogP contribution in [-0.4, -0.2) is 26.3 Å². The molecule has 1 heterocycles. The molecule has 5 heteroatoms. The van der Waals surface area contributed by atoms with Crippen LogP contribution in [0.4, 0.5) is 5.69 Å². The third kappa shape index (κ3) is 4.61. The largest absolute Gasteiger partial charge is 0.378 e. The van der Waals surface area contributed by atoms with Gasteiger partial charge in [0.15, 0.2) is 0 Å². The second-order valence-electron chi connectivity index (χ2n) is 5.61. The molecule has 1 aliphatic rings. The second kappa shape index (κ2) is 8.02. The monoisotopic (exact) mass is 350 g/mol. The Morgan fingerprint density at radius 2 is 1.70 bits per heavy atom. The van der Waals surface area contributed by atoms with Crippen molar-refractivity contribution in [3.8, 4) is 0 Å². The number of nitrogens with one attached hydrogen (secondary N) is 1. The van der Waals surface area contributed by atoms with Crippen LogP contribution >= 0.6 is 23.2 Å². The lowest BCUT2D eigenvalue weighted by Gasteiger charge is -2.28. The number of halogens is 2. The summed E-state index contributed by atoms with van der Waals surface area (Å²) in [5.41, 5.74) is 3.57. The summed E-state index contributed by atoms with van der Waals surface area (Å²) in [7, 11) is 0. The maximum atomic E-state index is 6.18. The minimum absolute atomic E-state index is 0.664. The molecular weight excluding hydrogens is 331 g/mol. The first-order valence-electron chi connectivity index (χ1n) is 7.78. The zero-order chi connectivity index (χ0) is 16.1. The number of ether oxygens (including phenoxy) is 1. The molecule has 1 aliphatic heterocycles. The van der Waals surface area contributed by atoms with Crippen LogP contribution in [0, 0.1) is 0 Å². The van der Waals surface area contributed by atoms with E-state index in [9.17, 15) is 0 Å². The fourth-order valence-corrected chi connectivity index (χ4v) is 3.13. The molecule has 1 saturated heterocycles. The zero-order valence-corrected chi connectivity index (χ0v) is 14.4. The number of anilines is 1. The highest BCUT2D eigenvalue weighted by Gasteiger charge is 2.10. The molecule has 0 spiro atoms. The molecule has 0 aromatic heterocycles. The van der Waals surface area contributed by atoms with Crippen molar-refractivity contribution in [2.45, 2.75) is 13.1 Å². The van der Waals surface area contributed by atoms with Gasteiger partial charge in [-0.1, -0.05) is 41.4 Å². The lowest BCUT2D eigenvalue weighted by atomic mass is 10.1. The highest BCUT2D eigenvalue weighted by Crippen LogP contribution is 2.21. The number of rotatable bonds is 5. The predicted molar refractivity (Wildman–Crippen MR) is 96.5 cm³/mol. The van der Waals surface area contributed by atoms with Gasteiger partial charge in [0.05, 0.1) is 13.2 Å². The molecule has 0 unspecified atom stereocenters. The molecule has 0 amide bonds. The Morgan fingerprint density at radius 1 is 0.957 bits per heavy atom. The fraction of sp³-hybridized carbons (Fsp3) is 0.333. The second-order valence-corrected chi connectivity index (χ2v) is 6.45. The molecule has 0 bridgehead atoms. The third-order valence-corrected chi connectivity index (χ3v) is 4.56. The third-order valence-electron chi connectivity index (χ3n) is 3.97. The van der Waals surface area contributed by atoms with Gasteiger partial charge in [-0.3, -0.25) is 0 Å². The molecule has 122 valence electrons. The van der Waals surface area contributed by atoms with Gasteiger partial charge < -0.3 is 15.0 Å². The van der Waals surface area contributed by atoms with Gasteiger partial charge in [-0.25, -0.2) is 0 Å². The fourth-order valence-electron chi connectivity index (χ4n) is 2.65. The molecule has 3 rings (SSSR count). The van der Waals surface area contributed by atoms with E-state index in [2.05, 4.69) is 34.5 Å². The van der Waals surface area contributed by atoms with Crippen molar-refractivity contribution in [1.82, 2.24) is 5.32 Å². The van der Waals surface area contributed by atoms with Crippen molar-refractivity contribution < 1.29 is 4.74 Å². The van der Waals surface area contributed by atoms with Crippen molar-refractivity contribution in [2.24, 2.45) is 0 Å². The van der Waals surface area contributed by atoms with Crippen LogP contribution in [0.5, 0.6) is 0 Å². The van der Waals surface area contributed by atoms with Gasteiger partial charge in [0.2, 0.25) is 0 Å². The number of benzene rings is 2. The summed E-state index contributed by atoms with van der Waals surface area (Å²) in [6, 6.07) is 14.3. The molecule has 1 N–H and O–H groups in total. The van der Waals surface area contributed by atoms with Gasteiger partial charge in [-0.05, 0) is 35.4 Å². The van der Waals surface area contributed by atoms with Crippen LogP contribution in [-0.2, 0) is 17.8 Å². The van der Waals surface area contributed by atoms with Crippen LogP contribution in [0.2, 0.25) is 10.0 Å². The van der Waals surface area contributed by atoms with Gasteiger partial charge in [0.1, 0.15) is 0 Å². The molecular formula is C18H20Cl2N2O. The SMILES string of the molecule is Clc1ccc(CNCc2ccc(N3CCOCC3)cc2)c(Cl)c1.